The highest BCUT2D eigenvalue weighted by molar-refractivity contribution is 6.13. The van der Waals surface area contributed by atoms with Crippen molar-refractivity contribution in [1.29, 1.82) is 0 Å². The zero-order valence-corrected chi connectivity index (χ0v) is 34.9. The second-order valence-electron chi connectivity index (χ2n) is 16.9. The molecule has 11 aromatic rings. The molecule has 3 aromatic heterocycles. The van der Waals surface area contributed by atoms with E-state index in [0.717, 1.165) is 23.4 Å². The van der Waals surface area contributed by atoms with Crippen LogP contribution in [0.2, 0.25) is 0 Å². The van der Waals surface area contributed by atoms with Crippen molar-refractivity contribution in [2.45, 2.75) is 18.8 Å². The minimum absolute atomic E-state index is 0.178. The first-order valence-electron chi connectivity index (χ1n) is 21.7. The normalized spacial score (nSPS) is 14.9. The van der Waals surface area contributed by atoms with E-state index in [1.165, 1.54) is 88.1 Å². The topological polar surface area (TPSA) is 35.1 Å². The summed E-state index contributed by atoms with van der Waals surface area (Å²) in [7, 11) is 0. The summed E-state index contributed by atoms with van der Waals surface area (Å²) in [5.41, 5.74) is 17.5. The van der Waals surface area contributed by atoms with Crippen LogP contribution < -0.4 is 0 Å². The van der Waals surface area contributed by atoms with Crippen LogP contribution >= 0.6 is 0 Å². The fourth-order valence-corrected chi connectivity index (χ4v) is 9.77. The van der Waals surface area contributed by atoms with Crippen LogP contribution in [0.15, 0.2) is 224 Å². The Morgan fingerprint density at radius 1 is 0.397 bits per heavy atom. The van der Waals surface area contributed by atoms with Gasteiger partial charge in [-0.25, -0.2) is 0 Å². The van der Waals surface area contributed by atoms with Crippen LogP contribution in [0.4, 0.5) is 0 Å². The quantitative estimate of drug-likeness (QED) is 0.158. The number of aliphatic imine (C=N–C) groups is 1. The van der Waals surface area contributed by atoms with Gasteiger partial charge in [-0.1, -0.05) is 128 Å². The van der Waals surface area contributed by atoms with Crippen molar-refractivity contribution in [3.8, 4) is 55.9 Å². The van der Waals surface area contributed by atoms with Crippen LogP contribution in [0.1, 0.15) is 18.9 Å². The molecule has 0 aliphatic carbocycles. The molecule has 12 rings (SSSR count). The third kappa shape index (κ3) is 6.30. The van der Waals surface area contributed by atoms with Gasteiger partial charge in [0.1, 0.15) is 0 Å². The van der Waals surface area contributed by atoms with Gasteiger partial charge in [0.2, 0.25) is 0 Å². The van der Waals surface area contributed by atoms with E-state index in [2.05, 4.69) is 226 Å². The van der Waals surface area contributed by atoms with Gasteiger partial charge in [0.05, 0.1) is 22.1 Å². The summed E-state index contributed by atoms with van der Waals surface area (Å²) in [4.78, 5) is 8.74. The van der Waals surface area contributed by atoms with E-state index in [4.69, 9.17) is 0 Å². The molecule has 0 saturated heterocycles. The average Bonchev–Trinajstić information content (AvgIpc) is 3.87. The third-order valence-corrected chi connectivity index (χ3v) is 13.1. The maximum atomic E-state index is 4.42. The molecule has 298 valence electrons. The smallest absolute Gasteiger partial charge is 0.0541 e. The van der Waals surface area contributed by atoms with Crippen LogP contribution in [0.25, 0.3) is 99.5 Å². The van der Waals surface area contributed by atoms with Crippen LogP contribution in [-0.4, -0.2) is 20.3 Å². The van der Waals surface area contributed by atoms with Crippen molar-refractivity contribution in [3.63, 3.8) is 0 Å². The predicted molar refractivity (Wildman–Crippen MR) is 264 cm³/mol. The molecule has 0 fully saturated rings. The summed E-state index contributed by atoms with van der Waals surface area (Å²) in [5.74, 6) is 0. The summed E-state index contributed by atoms with van der Waals surface area (Å²) in [6.07, 6.45) is 10.8. The fourth-order valence-electron chi connectivity index (χ4n) is 9.77. The summed E-state index contributed by atoms with van der Waals surface area (Å²) in [5, 5.41) is 4.92. The van der Waals surface area contributed by atoms with Gasteiger partial charge in [0.25, 0.3) is 0 Å². The van der Waals surface area contributed by atoms with Crippen LogP contribution in [0.3, 0.4) is 0 Å². The van der Waals surface area contributed by atoms with Gasteiger partial charge in [0.15, 0.2) is 0 Å². The lowest BCUT2D eigenvalue weighted by Crippen LogP contribution is -2.21. The Balaban J connectivity index is 1.02. The van der Waals surface area contributed by atoms with Gasteiger partial charge in [-0.3, -0.25) is 9.98 Å². The van der Waals surface area contributed by atoms with Crippen molar-refractivity contribution in [3.05, 3.63) is 224 Å². The zero-order valence-electron chi connectivity index (χ0n) is 34.9. The Labute approximate surface area is 366 Å². The zero-order chi connectivity index (χ0) is 41.9. The summed E-state index contributed by atoms with van der Waals surface area (Å²) in [6, 6.07) is 71.2. The number of rotatable bonds is 7. The summed E-state index contributed by atoms with van der Waals surface area (Å²) < 4.78 is 4.88. The van der Waals surface area contributed by atoms with Crippen molar-refractivity contribution in [1.82, 2.24) is 14.1 Å². The number of hydrogen-bond acceptors (Lipinski definition) is 2. The molecule has 4 heterocycles. The SMILES string of the molecule is CC1(c2cc(-c3ccncc3)cc(-n3c4ccccc4c4cc(-c5ccc6c(c5)c5ccccc5n6-c5cc(-c6ccccc6)cc(-c6ccccc6)c5)ccc43)c2)C=CN=CC1. The minimum Gasteiger partial charge on any atom is -0.309 e. The van der Waals surface area contributed by atoms with Crippen molar-refractivity contribution < 1.29 is 0 Å². The molecule has 8 aromatic carbocycles. The number of pyridine rings is 1. The fraction of sp³-hybridized carbons (Fsp3) is 0.0508. The molecule has 1 atom stereocenters. The first-order valence-corrected chi connectivity index (χ1v) is 21.7. The number of nitrogens with zero attached hydrogens (tertiary/aromatic N) is 4. The molecule has 4 heteroatoms. The molecule has 1 aliphatic heterocycles. The monoisotopic (exact) mass is 806 g/mol. The second kappa shape index (κ2) is 14.8. The Bertz CT molecular complexity index is 3540. The standard InChI is InChI=1S/C59H42N4/c1-59(26-30-61-31-27-59)48-33-47(42-24-28-60-29-25-42)36-50(39-48)63-56-19-11-9-17-52(56)54-38-44(21-23-58(54)63)43-20-22-57-53(37-43)51-16-8-10-18-55(51)62(57)49-34-45(40-12-4-2-5-13-40)32-46(35-49)41-14-6-3-7-15-41/h2-26,28-39H,27H2,1H3. The van der Waals surface area contributed by atoms with Crippen LogP contribution in [0, 0.1) is 0 Å². The predicted octanol–water partition coefficient (Wildman–Crippen LogP) is 15.2. The molecule has 0 amide bonds. The number of allylic oxidation sites excluding steroid dienone is 1. The Morgan fingerprint density at radius 3 is 1.41 bits per heavy atom. The lowest BCUT2D eigenvalue weighted by atomic mass is 9.78. The summed E-state index contributed by atoms with van der Waals surface area (Å²) >= 11 is 0. The Morgan fingerprint density at radius 2 is 0.873 bits per heavy atom. The van der Waals surface area contributed by atoms with E-state index < -0.39 is 0 Å². The van der Waals surface area contributed by atoms with E-state index >= 15 is 0 Å². The highest BCUT2D eigenvalue weighted by atomic mass is 15.0. The van der Waals surface area contributed by atoms with E-state index in [9.17, 15) is 0 Å². The molecule has 0 spiro atoms. The molecule has 0 bridgehead atoms. The second-order valence-corrected chi connectivity index (χ2v) is 16.9. The van der Waals surface area contributed by atoms with E-state index in [-0.39, 0.29) is 5.41 Å². The highest BCUT2D eigenvalue weighted by Gasteiger charge is 2.26. The van der Waals surface area contributed by atoms with Crippen molar-refractivity contribution in [2.24, 2.45) is 4.99 Å². The number of para-hydroxylation sites is 2. The third-order valence-electron chi connectivity index (χ3n) is 13.1. The van der Waals surface area contributed by atoms with E-state index in [0.29, 0.717) is 0 Å². The van der Waals surface area contributed by atoms with Crippen molar-refractivity contribution >= 4 is 49.8 Å². The molecule has 4 nitrogen and oxygen atoms in total. The van der Waals surface area contributed by atoms with Gasteiger partial charge in [-0.2, -0.15) is 0 Å². The van der Waals surface area contributed by atoms with E-state index in [1.54, 1.807) is 0 Å². The highest BCUT2D eigenvalue weighted by Crippen LogP contribution is 2.42. The van der Waals surface area contributed by atoms with Gasteiger partial charge in [-0.15, -0.1) is 0 Å². The molecule has 0 N–H and O–H groups in total. The number of hydrogen-bond donors (Lipinski definition) is 0. The molecular formula is C59H42N4. The first-order chi connectivity index (χ1) is 31.1. The van der Waals surface area contributed by atoms with E-state index in [1.807, 2.05) is 24.8 Å². The Kier molecular flexibility index (Phi) is 8.65. The molecule has 0 radical (unpaired) electrons. The molecule has 63 heavy (non-hydrogen) atoms. The molecular weight excluding hydrogens is 765 g/mol. The molecule has 1 unspecified atom stereocenters. The van der Waals surface area contributed by atoms with Gasteiger partial charge in [0, 0.05) is 63.1 Å². The van der Waals surface area contributed by atoms with Crippen LogP contribution in [-0.2, 0) is 5.41 Å². The molecule has 0 saturated carbocycles. The average molecular weight is 807 g/mol. The maximum Gasteiger partial charge on any atom is 0.0541 e. The van der Waals surface area contributed by atoms with Gasteiger partial charge < -0.3 is 9.13 Å². The van der Waals surface area contributed by atoms with Gasteiger partial charge >= 0.3 is 0 Å². The largest absolute Gasteiger partial charge is 0.309 e. The van der Waals surface area contributed by atoms with Gasteiger partial charge in [-0.05, 0) is 135 Å². The number of benzene rings is 8. The van der Waals surface area contributed by atoms with Crippen LogP contribution in [0.5, 0.6) is 0 Å². The summed E-state index contributed by atoms with van der Waals surface area (Å²) in [6.45, 7) is 2.31. The maximum absolute atomic E-state index is 4.42. The number of fused-ring (bicyclic) bond motifs is 6. The Hall–Kier alpha value is -8.08. The number of aromatic nitrogens is 3. The van der Waals surface area contributed by atoms with Crippen molar-refractivity contribution in [2.75, 3.05) is 0 Å². The minimum atomic E-state index is -0.178. The lowest BCUT2D eigenvalue weighted by Gasteiger charge is -2.28. The first kappa shape index (κ1) is 36.7. The molecule has 1 aliphatic rings. The lowest BCUT2D eigenvalue weighted by molar-refractivity contribution is 0.621.